The van der Waals surface area contributed by atoms with Gasteiger partial charge in [0.2, 0.25) is 5.91 Å². The summed E-state index contributed by atoms with van der Waals surface area (Å²) >= 11 is 0. The molecule has 0 aliphatic heterocycles. The molecular formula is C19H26N4O3. The van der Waals surface area contributed by atoms with Crippen LogP contribution in [0.5, 0.6) is 0 Å². The Bertz CT molecular complexity index is 694. The van der Waals surface area contributed by atoms with Crippen molar-refractivity contribution in [2.45, 2.75) is 39.2 Å². The maximum atomic E-state index is 12.1. The van der Waals surface area contributed by atoms with E-state index < -0.39 is 11.6 Å². The Hall–Kier alpha value is -2.75. The number of nitrogens with zero attached hydrogens (tertiary/aromatic N) is 1. The summed E-state index contributed by atoms with van der Waals surface area (Å²) in [6.45, 7) is 6.08. The second-order valence-electron chi connectivity index (χ2n) is 7.19. The van der Waals surface area contributed by atoms with E-state index in [1.54, 1.807) is 31.2 Å². The molecule has 0 saturated heterocycles. The highest BCUT2D eigenvalue weighted by atomic mass is 16.5. The fraction of sp³-hybridized carbons (Fsp3) is 0.526. The lowest BCUT2D eigenvalue weighted by Crippen LogP contribution is -2.48. The molecule has 0 heterocycles. The second kappa shape index (κ2) is 8.56. The minimum Gasteiger partial charge on any atom is -0.449 e. The third-order valence-corrected chi connectivity index (χ3v) is 4.13. The molecule has 3 N–H and O–H groups in total. The molecule has 7 nitrogen and oxygen atoms in total. The SMILES string of the molecule is CC(C)COC(=O)Nc1cccc(NCC(=O)NC(C)(C#N)C2CC2)c1. The highest BCUT2D eigenvalue weighted by Gasteiger charge is 2.42. The maximum Gasteiger partial charge on any atom is 0.411 e. The Morgan fingerprint density at radius 2 is 2.04 bits per heavy atom. The lowest BCUT2D eigenvalue weighted by atomic mass is 9.98. The summed E-state index contributed by atoms with van der Waals surface area (Å²) in [6, 6.07) is 9.21. The van der Waals surface area contributed by atoms with Gasteiger partial charge in [-0.1, -0.05) is 19.9 Å². The van der Waals surface area contributed by atoms with Gasteiger partial charge >= 0.3 is 6.09 Å². The first kappa shape index (κ1) is 19.6. The molecule has 0 bridgehead atoms. The second-order valence-corrected chi connectivity index (χ2v) is 7.19. The molecule has 1 saturated carbocycles. The van der Waals surface area contributed by atoms with Crippen molar-refractivity contribution in [1.29, 1.82) is 5.26 Å². The van der Waals surface area contributed by atoms with Gasteiger partial charge in [-0.3, -0.25) is 10.1 Å². The Morgan fingerprint density at radius 1 is 1.35 bits per heavy atom. The van der Waals surface area contributed by atoms with Gasteiger partial charge in [-0.05, 0) is 49.8 Å². The number of amides is 2. The number of hydrogen-bond donors (Lipinski definition) is 3. The highest BCUT2D eigenvalue weighted by Crippen LogP contribution is 2.39. The average molecular weight is 358 g/mol. The number of carbonyl (C=O) groups is 2. The van der Waals surface area contributed by atoms with Crippen LogP contribution in [0.3, 0.4) is 0 Å². The largest absolute Gasteiger partial charge is 0.449 e. The maximum absolute atomic E-state index is 12.1. The summed E-state index contributed by atoms with van der Waals surface area (Å²) in [5.74, 6) is 0.262. The molecule has 1 fully saturated rings. The molecule has 1 aliphatic rings. The van der Waals surface area contributed by atoms with Crippen LogP contribution in [0.25, 0.3) is 0 Å². The van der Waals surface area contributed by atoms with Gasteiger partial charge in [0.1, 0.15) is 5.54 Å². The van der Waals surface area contributed by atoms with Crippen LogP contribution in [0.15, 0.2) is 24.3 Å². The van der Waals surface area contributed by atoms with Crippen molar-refractivity contribution in [1.82, 2.24) is 5.32 Å². The summed E-state index contributed by atoms with van der Waals surface area (Å²) in [4.78, 5) is 23.8. The molecule has 0 radical (unpaired) electrons. The normalized spacial score (nSPS) is 15.5. The number of ether oxygens (including phenoxy) is 1. The monoisotopic (exact) mass is 358 g/mol. The van der Waals surface area contributed by atoms with Crippen LogP contribution in [0.4, 0.5) is 16.2 Å². The van der Waals surface area contributed by atoms with Gasteiger partial charge in [0.05, 0.1) is 19.2 Å². The fourth-order valence-corrected chi connectivity index (χ4v) is 2.50. The van der Waals surface area contributed by atoms with Gasteiger partial charge in [-0.15, -0.1) is 0 Å². The molecule has 0 spiro atoms. The minimum absolute atomic E-state index is 0.0469. The van der Waals surface area contributed by atoms with E-state index in [4.69, 9.17) is 4.74 Å². The van der Waals surface area contributed by atoms with E-state index in [0.29, 0.717) is 18.0 Å². The van der Waals surface area contributed by atoms with E-state index in [1.807, 2.05) is 13.8 Å². The summed E-state index contributed by atoms with van der Waals surface area (Å²) in [6.07, 6.45) is 1.43. The zero-order valence-corrected chi connectivity index (χ0v) is 15.5. The zero-order valence-electron chi connectivity index (χ0n) is 15.5. The van der Waals surface area contributed by atoms with Crippen molar-refractivity contribution in [3.05, 3.63) is 24.3 Å². The molecule has 1 aliphatic carbocycles. The van der Waals surface area contributed by atoms with E-state index in [1.165, 1.54) is 0 Å². The average Bonchev–Trinajstić information content (AvgIpc) is 3.44. The standard InChI is InChI=1S/C19H26N4O3/c1-13(2)11-26-18(25)22-16-6-4-5-15(9-16)21-10-17(24)23-19(3,12-20)14-7-8-14/h4-6,9,13-14,21H,7-8,10-11H2,1-3H3,(H,22,25)(H,23,24). The van der Waals surface area contributed by atoms with Crippen molar-refractivity contribution >= 4 is 23.4 Å². The summed E-state index contributed by atoms with van der Waals surface area (Å²) in [5.41, 5.74) is 0.457. The number of anilines is 2. The van der Waals surface area contributed by atoms with Gasteiger partial charge < -0.3 is 15.4 Å². The third-order valence-electron chi connectivity index (χ3n) is 4.13. The summed E-state index contributed by atoms with van der Waals surface area (Å²) < 4.78 is 5.08. The van der Waals surface area contributed by atoms with E-state index >= 15 is 0 Å². The van der Waals surface area contributed by atoms with Crippen molar-refractivity contribution in [3.63, 3.8) is 0 Å². The Balaban J connectivity index is 1.83. The fourth-order valence-electron chi connectivity index (χ4n) is 2.50. The van der Waals surface area contributed by atoms with Crippen LogP contribution < -0.4 is 16.0 Å². The first-order valence-electron chi connectivity index (χ1n) is 8.82. The van der Waals surface area contributed by atoms with Gasteiger partial charge in [0.25, 0.3) is 0 Å². The molecule has 1 aromatic rings. The van der Waals surface area contributed by atoms with Crippen LogP contribution in [0.1, 0.15) is 33.6 Å². The quantitative estimate of drug-likeness (QED) is 0.662. The number of benzene rings is 1. The third kappa shape index (κ3) is 5.96. The van der Waals surface area contributed by atoms with Crippen molar-refractivity contribution in [2.75, 3.05) is 23.8 Å². The number of carbonyl (C=O) groups excluding carboxylic acids is 2. The van der Waals surface area contributed by atoms with Gasteiger partial charge in [-0.2, -0.15) is 5.26 Å². The van der Waals surface area contributed by atoms with Crippen molar-refractivity contribution in [3.8, 4) is 6.07 Å². The lowest BCUT2D eigenvalue weighted by Gasteiger charge is -2.23. The molecule has 2 amide bonds. The van der Waals surface area contributed by atoms with Crippen LogP contribution in [-0.2, 0) is 9.53 Å². The van der Waals surface area contributed by atoms with Gasteiger partial charge in [0, 0.05) is 11.4 Å². The molecule has 1 unspecified atom stereocenters. The molecule has 2 rings (SSSR count). The molecule has 7 heteroatoms. The molecule has 140 valence electrons. The molecule has 1 atom stereocenters. The van der Waals surface area contributed by atoms with Crippen molar-refractivity contribution in [2.24, 2.45) is 11.8 Å². The van der Waals surface area contributed by atoms with E-state index in [-0.39, 0.29) is 24.3 Å². The summed E-state index contributed by atoms with van der Waals surface area (Å²) in [7, 11) is 0. The lowest BCUT2D eigenvalue weighted by molar-refractivity contribution is -0.120. The van der Waals surface area contributed by atoms with E-state index in [9.17, 15) is 14.9 Å². The molecule has 26 heavy (non-hydrogen) atoms. The molecular weight excluding hydrogens is 332 g/mol. The number of nitriles is 1. The van der Waals surface area contributed by atoms with Crippen molar-refractivity contribution < 1.29 is 14.3 Å². The number of rotatable bonds is 8. The van der Waals surface area contributed by atoms with Crippen LogP contribution in [-0.4, -0.2) is 30.7 Å². The minimum atomic E-state index is -0.803. The first-order valence-corrected chi connectivity index (χ1v) is 8.82. The Kier molecular flexibility index (Phi) is 6.45. The van der Waals surface area contributed by atoms with Crippen LogP contribution >= 0.6 is 0 Å². The highest BCUT2D eigenvalue weighted by molar-refractivity contribution is 5.86. The van der Waals surface area contributed by atoms with Gasteiger partial charge in [0.15, 0.2) is 0 Å². The Labute approximate surface area is 154 Å². The topological polar surface area (TPSA) is 103 Å². The smallest absolute Gasteiger partial charge is 0.411 e. The number of hydrogen-bond acceptors (Lipinski definition) is 5. The first-order chi connectivity index (χ1) is 12.3. The summed E-state index contributed by atoms with van der Waals surface area (Å²) in [5, 5.41) is 17.7. The van der Waals surface area contributed by atoms with E-state index in [0.717, 1.165) is 12.8 Å². The predicted octanol–water partition coefficient (Wildman–Crippen LogP) is 3.11. The van der Waals surface area contributed by atoms with Crippen LogP contribution in [0.2, 0.25) is 0 Å². The Morgan fingerprint density at radius 3 is 2.65 bits per heavy atom. The molecule has 1 aromatic carbocycles. The van der Waals surface area contributed by atoms with E-state index in [2.05, 4.69) is 22.0 Å². The zero-order chi connectivity index (χ0) is 19.2. The molecule has 0 aromatic heterocycles. The van der Waals surface area contributed by atoms with Gasteiger partial charge in [-0.25, -0.2) is 4.79 Å². The predicted molar refractivity (Wildman–Crippen MR) is 99.6 cm³/mol. The van der Waals surface area contributed by atoms with Crippen LogP contribution in [0, 0.1) is 23.2 Å². The number of nitrogens with one attached hydrogen (secondary N) is 3.